The van der Waals surface area contributed by atoms with Gasteiger partial charge in [0.1, 0.15) is 12.4 Å². The Bertz CT molecular complexity index is 877. The number of rotatable bonds is 4. The molecule has 0 fully saturated rings. The summed E-state index contributed by atoms with van der Waals surface area (Å²) in [7, 11) is 0. The van der Waals surface area contributed by atoms with Gasteiger partial charge in [-0.15, -0.1) is 0 Å². The molecule has 1 heterocycles. The second-order valence-electron chi connectivity index (χ2n) is 4.68. The van der Waals surface area contributed by atoms with Gasteiger partial charge < -0.3 is 4.74 Å². The van der Waals surface area contributed by atoms with Crippen LogP contribution in [0, 0.1) is 0 Å². The van der Waals surface area contributed by atoms with Crippen LogP contribution in [0.1, 0.15) is 0 Å². The van der Waals surface area contributed by atoms with Gasteiger partial charge in [0.05, 0.1) is 28.8 Å². The van der Waals surface area contributed by atoms with Crippen LogP contribution in [-0.4, -0.2) is 16.2 Å². The first-order chi connectivity index (χ1) is 10.6. The lowest BCUT2D eigenvalue weighted by Gasteiger charge is -2.10. The monoisotopic (exact) mass is 334 g/mol. The quantitative estimate of drug-likeness (QED) is 0.729. The highest BCUT2D eigenvalue weighted by molar-refractivity contribution is 6.35. The Hall–Kier alpha value is -2.04. The van der Waals surface area contributed by atoms with E-state index >= 15 is 0 Å². The number of para-hydroxylation sites is 1. The fourth-order valence-electron chi connectivity index (χ4n) is 2.11. The van der Waals surface area contributed by atoms with Crippen LogP contribution in [0.25, 0.3) is 10.9 Å². The second-order valence-corrected chi connectivity index (χ2v) is 5.53. The molecule has 0 saturated heterocycles. The summed E-state index contributed by atoms with van der Waals surface area (Å²) in [5, 5.41) is 1.58. The number of hydrogen-bond acceptors (Lipinski definition) is 3. The molecule has 0 spiro atoms. The van der Waals surface area contributed by atoms with E-state index in [-0.39, 0.29) is 5.56 Å². The van der Waals surface area contributed by atoms with Crippen LogP contribution in [0.5, 0.6) is 5.75 Å². The van der Waals surface area contributed by atoms with Crippen LogP contribution < -0.4 is 10.3 Å². The average Bonchev–Trinajstić information content (AvgIpc) is 2.52. The fourth-order valence-corrected chi connectivity index (χ4v) is 2.57. The Morgan fingerprint density at radius 1 is 1.14 bits per heavy atom. The van der Waals surface area contributed by atoms with E-state index in [1.54, 1.807) is 24.3 Å². The maximum absolute atomic E-state index is 12.3. The highest BCUT2D eigenvalue weighted by Gasteiger charge is 2.05. The minimum Gasteiger partial charge on any atom is -0.490 e. The summed E-state index contributed by atoms with van der Waals surface area (Å²) in [6.07, 6.45) is 1.53. The number of aromatic nitrogens is 2. The van der Waals surface area contributed by atoms with Gasteiger partial charge in [-0.3, -0.25) is 9.36 Å². The average molecular weight is 335 g/mol. The van der Waals surface area contributed by atoms with Gasteiger partial charge >= 0.3 is 0 Å². The molecule has 0 aliphatic heterocycles. The third-order valence-electron chi connectivity index (χ3n) is 3.22. The number of benzene rings is 2. The van der Waals surface area contributed by atoms with E-state index in [1.807, 2.05) is 18.2 Å². The van der Waals surface area contributed by atoms with Crippen molar-refractivity contribution in [1.82, 2.24) is 9.55 Å². The lowest BCUT2D eigenvalue weighted by Crippen LogP contribution is -2.23. The highest BCUT2D eigenvalue weighted by Crippen LogP contribution is 2.27. The molecule has 112 valence electrons. The predicted octanol–water partition coefficient (Wildman–Crippen LogP) is 3.78. The standard InChI is InChI=1S/C16H12Cl2N2O2/c17-11-5-6-15(13(18)9-11)22-8-7-20-10-19-14-4-2-1-3-12(14)16(20)21/h1-6,9-10H,7-8H2. The molecule has 6 heteroatoms. The van der Waals surface area contributed by atoms with Crippen molar-refractivity contribution in [2.24, 2.45) is 0 Å². The molecule has 1 aromatic heterocycles. The van der Waals surface area contributed by atoms with E-state index < -0.39 is 0 Å². The molecule has 0 aliphatic rings. The molecule has 0 radical (unpaired) electrons. The molecule has 4 nitrogen and oxygen atoms in total. The van der Waals surface area contributed by atoms with E-state index in [1.165, 1.54) is 10.9 Å². The minimum atomic E-state index is -0.0867. The SMILES string of the molecule is O=c1c2ccccc2ncn1CCOc1ccc(Cl)cc1Cl. The smallest absolute Gasteiger partial charge is 0.261 e. The minimum absolute atomic E-state index is 0.0867. The summed E-state index contributed by atoms with van der Waals surface area (Å²) in [5.74, 6) is 0.535. The summed E-state index contributed by atoms with van der Waals surface area (Å²) < 4.78 is 7.10. The van der Waals surface area contributed by atoms with E-state index in [0.29, 0.717) is 39.8 Å². The number of fused-ring (bicyclic) bond motifs is 1. The van der Waals surface area contributed by atoms with Gasteiger partial charge in [-0.1, -0.05) is 35.3 Å². The summed E-state index contributed by atoms with van der Waals surface area (Å²) in [5.41, 5.74) is 0.599. The van der Waals surface area contributed by atoms with Gasteiger partial charge in [-0.25, -0.2) is 4.98 Å². The Morgan fingerprint density at radius 2 is 1.95 bits per heavy atom. The number of ether oxygens (including phenoxy) is 1. The fraction of sp³-hybridized carbons (Fsp3) is 0.125. The largest absolute Gasteiger partial charge is 0.490 e. The topological polar surface area (TPSA) is 44.1 Å². The zero-order chi connectivity index (χ0) is 15.5. The van der Waals surface area contributed by atoms with Crippen molar-refractivity contribution < 1.29 is 4.74 Å². The normalized spacial score (nSPS) is 10.8. The molecule has 0 N–H and O–H groups in total. The van der Waals surface area contributed by atoms with E-state index in [4.69, 9.17) is 27.9 Å². The van der Waals surface area contributed by atoms with Crippen molar-refractivity contribution in [2.45, 2.75) is 6.54 Å². The van der Waals surface area contributed by atoms with Crippen molar-refractivity contribution in [2.75, 3.05) is 6.61 Å². The summed E-state index contributed by atoms with van der Waals surface area (Å²) in [6, 6.07) is 12.3. The van der Waals surface area contributed by atoms with E-state index in [2.05, 4.69) is 4.98 Å². The number of halogens is 2. The molecule has 3 rings (SSSR count). The van der Waals surface area contributed by atoms with E-state index in [0.717, 1.165) is 0 Å². The van der Waals surface area contributed by atoms with Crippen molar-refractivity contribution in [3.63, 3.8) is 0 Å². The lowest BCUT2D eigenvalue weighted by atomic mass is 10.2. The first-order valence-electron chi connectivity index (χ1n) is 6.67. The molecule has 0 unspecified atom stereocenters. The maximum Gasteiger partial charge on any atom is 0.261 e. The first kappa shape index (κ1) is 14.9. The molecule has 0 atom stereocenters. The molecule has 0 aliphatic carbocycles. The molecule has 22 heavy (non-hydrogen) atoms. The van der Waals surface area contributed by atoms with Gasteiger partial charge in [0, 0.05) is 5.02 Å². The lowest BCUT2D eigenvalue weighted by molar-refractivity contribution is 0.296. The van der Waals surface area contributed by atoms with Gasteiger partial charge in [-0.05, 0) is 30.3 Å². The molecule has 3 aromatic rings. The van der Waals surface area contributed by atoms with E-state index in [9.17, 15) is 4.79 Å². The van der Waals surface area contributed by atoms with Crippen LogP contribution >= 0.6 is 23.2 Å². The third-order valence-corrected chi connectivity index (χ3v) is 3.75. The molecular formula is C16H12Cl2N2O2. The highest BCUT2D eigenvalue weighted by atomic mass is 35.5. The van der Waals surface area contributed by atoms with Crippen LogP contribution in [0.4, 0.5) is 0 Å². The maximum atomic E-state index is 12.3. The van der Waals surface area contributed by atoms with Crippen molar-refractivity contribution >= 4 is 34.1 Å². The van der Waals surface area contributed by atoms with Crippen molar-refractivity contribution in [3.05, 3.63) is 69.2 Å². The zero-order valence-corrected chi connectivity index (χ0v) is 13.0. The molecular weight excluding hydrogens is 323 g/mol. The zero-order valence-electron chi connectivity index (χ0n) is 11.5. The van der Waals surface area contributed by atoms with Crippen molar-refractivity contribution in [3.8, 4) is 5.75 Å². The van der Waals surface area contributed by atoms with Gasteiger partial charge in [0.25, 0.3) is 5.56 Å². The van der Waals surface area contributed by atoms with Crippen LogP contribution in [0.3, 0.4) is 0 Å². The van der Waals surface area contributed by atoms with Crippen LogP contribution in [0.15, 0.2) is 53.6 Å². The van der Waals surface area contributed by atoms with Crippen molar-refractivity contribution in [1.29, 1.82) is 0 Å². The van der Waals surface area contributed by atoms with Gasteiger partial charge in [0.2, 0.25) is 0 Å². The summed E-state index contributed by atoms with van der Waals surface area (Å²) >= 11 is 11.9. The predicted molar refractivity (Wildman–Crippen MR) is 88.0 cm³/mol. The Balaban J connectivity index is 1.74. The molecule has 0 saturated carbocycles. The summed E-state index contributed by atoms with van der Waals surface area (Å²) in [6.45, 7) is 0.691. The number of nitrogens with zero attached hydrogens (tertiary/aromatic N) is 2. The number of hydrogen-bond donors (Lipinski definition) is 0. The molecule has 0 amide bonds. The van der Waals surface area contributed by atoms with Crippen LogP contribution in [-0.2, 0) is 6.54 Å². The Morgan fingerprint density at radius 3 is 2.77 bits per heavy atom. The molecule has 2 aromatic carbocycles. The Kier molecular flexibility index (Phi) is 4.32. The second kappa shape index (κ2) is 6.38. The van der Waals surface area contributed by atoms with Gasteiger partial charge in [-0.2, -0.15) is 0 Å². The first-order valence-corrected chi connectivity index (χ1v) is 7.43. The third kappa shape index (κ3) is 3.08. The Labute approximate surface area is 136 Å². The summed E-state index contributed by atoms with van der Waals surface area (Å²) in [4.78, 5) is 16.6. The van der Waals surface area contributed by atoms with Crippen LogP contribution in [0.2, 0.25) is 10.0 Å². The van der Waals surface area contributed by atoms with Gasteiger partial charge in [0.15, 0.2) is 0 Å². The molecule has 0 bridgehead atoms.